The van der Waals surface area contributed by atoms with Gasteiger partial charge in [-0.25, -0.2) is 4.98 Å². The lowest BCUT2D eigenvalue weighted by molar-refractivity contribution is 0.144. The van der Waals surface area contributed by atoms with Crippen LogP contribution in [0, 0.1) is 5.41 Å². The highest BCUT2D eigenvalue weighted by Gasteiger charge is 2.36. The summed E-state index contributed by atoms with van der Waals surface area (Å²) in [7, 11) is 0. The maximum atomic E-state index is 5.76. The zero-order valence-corrected chi connectivity index (χ0v) is 11.6. The Kier molecular flexibility index (Phi) is 3.69. The Morgan fingerprint density at radius 2 is 1.68 bits per heavy atom. The zero-order valence-electron chi connectivity index (χ0n) is 11.6. The Morgan fingerprint density at radius 3 is 2.37 bits per heavy atom. The molecule has 0 amide bonds. The van der Waals surface area contributed by atoms with Crippen molar-refractivity contribution in [1.29, 1.82) is 0 Å². The minimum atomic E-state index is 0.477. The van der Waals surface area contributed by atoms with Crippen LogP contribution >= 0.6 is 0 Å². The Labute approximate surface area is 115 Å². The maximum absolute atomic E-state index is 5.76. The smallest absolute Gasteiger partial charge is 0.151 e. The van der Waals surface area contributed by atoms with Gasteiger partial charge in [-0.3, -0.25) is 4.98 Å². The molecule has 104 valence electrons. The summed E-state index contributed by atoms with van der Waals surface area (Å²) < 4.78 is 0. The topological polar surface area (TPSA) is 55.0 Å². The third-order valence-electron chi connectivity index (χ3n) is 4.98. The van der Waals surface area contributed by atoms with Gasteiger partial charge < -0.3 is 10.6 Å². The van der Waals surface area contributed by atoms with Crippen molar-refractivity contribution in [3.05, 3.63) is 18.1 Å². The number of anilines is 1. The Bertz CT molecular complexity index is 416. The molecule has 1 aromatic rings. The van der Waals surface area contributed by atoms with Gasteiger partial charge in [-0.15, -0.1) is 0 Å². The fourth-order valence-electron chi connectivity index (χ4n) is 3.76. The fourth-order valence-corrected chi connectivity index (χ4v) is 3.76. The first kappa shape index (κ1) is 12.9. The van der Waals surface area contributed by atoms with Crippen molar-refractivity contribution < 1.29 is 0 Å². The second-order valence-corrected chi connectivity index (χ2v) is 6.08. The van der Waals surface area contributed by atoms with E-state index in [1.165, 1.54) is 44.9 Å². The van der Waals surface area contributed by atoms with Crippen molar-refractivity contribution >= 4 is 5.82 Å². The molecule has 0 unspecified atom stereocenters. The van der Waals surface area contributed by atoms with Crippen LogP contribution in [0.2, 0.25) is 0 Å². The molecule has 3 rings (SSSR count). The van der Waals surface area contributed by atoms with E-state index >= 15 is 0 Å². The molecule has 0 radical (unpaired) electrons. The Hall–Kier alpha value is -1.16. The third-order valence-corrected chi connectivity index (χ3v) is 4.98. The summed E-state index contributed by atoms with van der Waals surface area (Å²) >= 11 is 0. The van der Waals surface area contributed by atoms with Crippen LogP contribution in [0.4, 0.5) is 5.82 Å². The van der Waals surface area contributed by atoms with Gasteiger partial charge in [0.2, 0.25) is 0 Å². The highest BCUT2D eigenvalue weighted by Crippen LogP contribution is 2.45. The van der Waals surface area contributed by atoms with Gasteiger partial charge in [-0.2, -0.15) is 0 Å². The van der Waals surface area contributed by atoms with Crippen LogP contribution < -0.4 is 10.6 Å². The first-order chi connectivity index (χ1) is 9.33. The number of nitrogens with zero attached hydrogens (tertiary/aromatic N) is 3. The highest BCUT2D eigenvalue weighted by molar-refractivity contribution is 5.43. The minimum absolute atomic E-state index is 0.477. The number of piperidine rings is 1. The molecule has 2 heterocycles. The molecule has 1 saturated heterocycles. The highest BCUT2D eigenvalue weighted by atomic mass is 15.2. The van der Waals surface area contributed by atoms with Crippen molar-refractivity contribution in [3.63, 3.8) is 0 Å². The average molecular weight is 260 g/mol. The molecular weight excluding hydrogens is 236 g/mol. The number of nitrogens with two attached hydrogens (primary N) is 1. The van der Waals surface area contributed by atoms with E-state index in [1.807, 2.05) is 0 Å². The fraction of sp³-hybridized carbons (Fsp3) is 0.733. The van der Waals surface area contributed by atoms with Crippen LogP contribution in [-0.2, 0) is 6.54 Å². The van der Waals surface area contributed by atoms with Gasteiger partial charge in [-0.1, -0.05) is 19.3 Å². The van der Waals surface area contributed by atoms with E-state index < -0.39 is 0 Å². The third kappa shape index (κ3) is 2.59. The monoisotopic (exact) mass is 260 g/mol. The number of hydrogen-bond donors (Lipinski definition) is 1. The largest absolute Gasteiger partial charge is 0.355 e. The summed E-state index contributed by atoms with van der Waals surface area (Å²) in [6, 6.07) is 0. The van der Waals surface area contributed by atoms with Crippen molar-refractivity contribution in [1.82, 2.24) is 9.97 Å². The Balaban J connectivity index is 1.69. The quantitative estimate of drug-likeness (QED) is 0.887. The molecule has 1 spiro atoms. The maximum Gasteiger partial charge on any atom is 0.151 e. The van der Waals surface area contributed by atoms with Crippen molar-refractivity contribution in [2.24, 2.45) is 11.1 Å². The summed E-state index contributed by atoms with van der Waals surface area (Å²) in [6.45, 7) is 2.71. The lowest BCUT2D eigenvalue weighted by atomic mass is 9.68. The predicted octanol–water partition coefficient (Wildman–Crippen LogP) is 2.49. The lowest BCUT2D eigenvalue weighted by Crippen LogP contribution is -2.42. The first-order valence-corrected chi connectivity index (χ1v) is 7.58. The summed E-state index contributed by atoms with van der Waals surface area (Å²) in [5.74, 6) is 1.01. The number of rotatable bonds is 2. The molecule has 0 bridgehead atoms. The van der Waals surface area contributed by atoms with Crippen LogP contribution in [0.15, 0.2) is 12.4 Å². The van der Waals surface area contributed by atoms with Gasteiger partial charge >= 0.3 is 0 Å². The van der Waals surface area contributed by atoms with Crippen molar-refractivity contribution in [2.45, 2.75) is 51.5 Å². The first-order valence-electron chi connectivity index (χ1n) is 7.58. The molecule has 2 aliphatic rings. The lowest BCUT2D eigenvalue weighted by Gasteiger charge is -2.44. The molecule has 4 nitrogen and oxygen atoms in total. The summed E-state index contributed by atoms with van der Waals surface area (Å²) in [5, 5.41) is 0. The van der Waals surface area contributed by atoms with E-state index in [9.17, 15) is 0 Å². The van der Waals surface area contributed by atoms with Gasteiger partial charge in [0.05, 0.1) is 5.69 Å². The van der Waals surface area contributed by atoms with Crippen LogP contribution in [0.1, 0.15) is 50.6 Å². The molecule has 0 atom stereocenters. The van der Waals surface area contributed by atoms with Gasteiger partial charge in [0.15, 0.2) is 5.82 Å². The van der Waals surface area contributed by atoms with E-state index in [-0.39, 0.29) is 0 Å². The minimum Gasteiger partial charge on any atom is -0.355 e. The molecule has 1 aromatic heterocycles. The molecule has 19 heavy (non-hydrogen) atoms. The van der Waals surface area contributed by atoms with Gasteiger partial charge in [0.25, 0.3) is 0 Å². The summed E-state index contributed by atoms with van der Waals surface area (Å²) in [5.41, 5.74) is 7.34. The molecule has 1 aliphatic heterocycles. The van der Waals surface area contributed by atoms with Crippen LogP contribution in [0.5, 0.6) is 0 Å². The normalized spacial score (nSPS) is 22.7. The van der Waals surface area contributed by atoms with Gasteiger partial charge in [-0.05, 0) is 31.1 Å². The van der Waals surface area contributed by atoms with Crippen LogP contribution in [0.25, 0.3) is 0 Å². The second-order valence-electron chi connectivity index (χ2n) is 6.08. The van der Waals surface area contributed by atoms with E-state index in [0.717, 1.165) is 24.6 Å². The molecule has 2 fully saturated rings. The van der Waals surface area contributed by atoms with Gasteiger partial charge in [0.1, 0.15) is 0 Å². The number of aromatic nitrogens is 2. The van der Waals surface area contributed by atoms with E-state index in [0.29, 0.717) is 12.0 Å². The second kappa shape index (κ2) is 5.45. The standard InChI is InChI=1S/C15H24N4/c16-12-13-14(18-9-8-17-13)19-10-6-15(7-11-19)4-2-1-3-5-15/h8-9H,1-7,10-12,16H2. The van der Waals surface area contributed by atoms with Crippen LogP contribution in [0.3, 0.4) is 0 Å². The number of hydrogen-bond acceptors (Lipinski definition) is 4. The molecule has 1 aliphatic carbocycles. The molecule has 4 heteroatoms. The van der Waals surface area contributed by atoms with Gasteiger partial charge in [0, 0.05) is 32.0 Å². The Morgan fingerprint density at radius 1 is 1.00 bits per heavy atom. The molecule has 2 N–H and O–H groups in total. The van der Waals surface area contributed by atoms with E-state index in [1.54, 1.807) is 12.4 Å². The molecular formula is C15H24N4. The summed E-state index contributed by atoms with van der Waals surface area (Å²) in [4.78, 5) is 11.2. The summed E-state index contributed by atoms with van der Waals surface area (Å²) in [6.07, 6.45) is 13.3. The van der Waals surface area contributed by atoms with Crippen LogP contribution in [-0.4, -0.2) is 23.1 Å². The van der Waals surface area contributed by atoms with Crippen molar-refractivity contribution in [3.8, 4) is 0 Å². The van der Waals surface area contributed by atoms with Crippen molar-refractivity contribution in [2.75, 3.05) is 18.0 Å². The average Bonchev–Trinajstić information content (AvgIpc) is 2.49. The molecule has 1 saturated carbocycles. The van der Waals surface area contributed by atoms with E-state index in [2.05, 4.69) is 14.9 Å². The zero-order chi connectivity index (χ0) is 13.1. The predicted molar refractivity (Wildman–Crippen MR) is 76.9 cm³/mol. The molecule has 0 aromatic carbocycles. The van der Waals surface area contributed by atoms with E-state index in [4.69, 9.17) is 5.73 Å². The SMILES string of the molecule is NCc1nccnc1N1CCC2(CCCCC2)CC1.